The number of furan rings is 1. The Morgan fingerprint density at radius 2 is 1.93 bits per heavy atom. The second-order valence-corrected chi connectivity index (χ2v) is 7.30. The fourth-order valence-corrected chi connectivity index (χ4v) is 3.09. The average Bonchev–Trinajstić information content (AvgIpc) is 3.07. The fraction of sp³-hybridized carbons (Fsp3) is 0.368. The Bertz CT molecular complexity index is 761. The van der Waals surface area contributed by atoms with Gasteiger partial charge in [0, 0.05) is 30.6 Å². The van der Waals surface area contributed by atoms with Gasteiger partial charge in [-0.2, -0.15) is 11.8 Å². The molecule has 0 aliphatic rings. The molecule has 1 heterocycles. The molecule has 0 bridgehead atoms. The van der Waals surface area contributed by atoms with Crippen LogP contribution < -0.4 is 16.0 Å². The minimum atomic E-state index is -0.323. The van der Waals surface area contributed by atoms with E-state index in [4.69, 9.17) is 4.42 Å². The van der Waals surface area contributed by atoms with E-state index in [1.54, 1.807) is 36.0 Å². The molecule has 0 aliphatic heterocycles. The first-order chi connectivity index (χ1) is 13.0. The van der Waals surface area contributed by atoms with Crippen molar-refractivity contribution in [3.05, 3.63) is 53.5 Å². The van der Waals surface area contributed by atoms with Gasteiger partial charge in [0.1, 0.15) is 11.5 Å². The lowest BCUT2D eigenvalue weighted by Crippen LogP contribution is -2.27. The lowest BCUT2D eigenvalue weighted by Gasteiger charge is -2.08. The van der Waals surface area contributed by atoms with E-state index in [0.29, 0.717) is 17.8 Å². The predicted molar refractivity (Wildman–Crippen MR) is 109 cm³/mol. The van der Waals surface area contributed by atoms with E-state index in [1.165, 1.54) is 7.05 Å². The summed E-state index contributed by atoms with van der Waals surface area (Å²) in [6, 6.07) is 10.5. The smallest absolute Gasteiger partial charge is 0.318 e. The summed E-state index contributed by atoms with van der Waals surface area (Å²) in [6.07, 6.45) is 0. The Morgan fingerprint density at radius 3 is 2.67 bits per heavy atom. The average molecular weight is 391 g/mol. The molecule has 146 valence electrons. The molecular weight excluding hydrogens is 364 g/mol. The number of nitrogens with one attached hydrogen (secondary N) is 3. The molecule has 8 heteroatoms. The first-order valence-corrected chi connectivity index (χ1v) is 9.80. The van der Waals surface area contributed by atoms with Crippen molar-refractivity contribution < 1.29 is 14.0 Å². The Labute approximate surface area is 163 Å². The number of benzene rings is 1. The molecule has 0 aliphatic carbocycles. The van der Waals surface area contributed by atoms with Crippen LogP contribution >= 0.6 is 11.8 Å². The number of thioether (sulfide) groups is 1. The molecule has 0 spiro atoms. The molecular formula is C19H26N4O3S. The maximum atomic E-state index is 12.2. The van der Waals surface area contributed by atoms with Crippen molar-refractivity contribution in [2.45, 2.75) is 12.3 Å². The van der Waals surface area contributed by atoms with Gasteiger partial charge in [0.25, 0.3) is 5.91 Å². The van der Waals surface area contributed by atoms with Crippen molar-refractivity contribution in [1.82, 2.24) is 15.5 Å². The third kappa shape index (κ3) is 7.36. The number of hydrogen-bond donors (Lipinski definition) is 3. The van der Waals surface area contributed by atoms with Gasteiger partial charge >= 0.3 is 6.03 Å². The monoisotopic (exact) mass is 390 g/mol. The molecule has 2 aromatic rings. The highest BCUT2D eigenvalue weighted by Gasteiger charge is 2.07. The zero-order chi connectivity index (χ0) is 19.6. The molecule has 0 saturated heterocycles. The van der Waals surface area contributed by atoms with Crippen LogP contribution in [0.25, 0.3) is 0 Å². The van der Waals surface area contributed by atoms with E-state index in [-0.39, 0.29) is 11.9 Å². The molecule has 0 saturated carbocycles. The number of anilines is 1. The highest BCUT2D eigenvalue weighted by molar-refractivity contribution is 7.98. The summed E-state index contributed by atoms with van der Waals surface area (Å²) in [7, 11) is 5.54. The van der Waals surface area contributed by atoms with E-state index in [0.717, 1.165) is 29.6 Å². The first-order valence-electron chi connectivity index (χ1n) is 8.65. The van der Waals surface area contributed by atoms with Crippen LogP contribution in [0.1, 0.15) is 21.9 Å². The van der Waals surface area contributed by atoms with Crippen LogP contribution in [0.4, 0.5) is 10.5 Å². The number of hydrogen-bond acceptors (Lipinski definition) is 5. The van der Waals surface area contributed by atoms with E-state index in [9.17, 15) is 9.59 Å². The normalized spacial score (nSPS) is 10.7. The third-order valence-electron chi connectivity index (χ3n) is 3.58. The van der Waals surface area contributed by atoms with Crippen LogP contribution in [0, 0.1) is 0 Å². The highest BCUT2D eigenvalue weighted by Crippen LogP contribution is 2.16. The maximum absolute atomic E-state index is 12.2. The third-order valence-corrected chi connectivity index (χ3v) is 4.56. The first kappa shape index (κ1) is 20.9. The summed E-state index contributed by atoms with van der Waals surface area (Å²) in [5.74, 6) is 3.29. The van der Waals surface area contributed by atoms with Gasteiger partial charge in [-0.1, -0.05) is 6.07 Å². The molecule has 0 radical (unpaired) electrons. The van der Waals surface area contributed by atoms with Gasteiger partial charge in [0.15, 0.2) is 0 Å². The van der Waals surface area contributed by atoms with Gasteiger partial charge in [0.2, 0.25) is 0 Å². The summed E-state index contributed by atoms with van der Waals surface area (Å²) < 4.78 is 5.76. The van der Waals surface area contributed by atoms with E-state index in [2.05, 4.69) is 20.9 Å². The minimum absolute atomic E-state index is 0.164. The molecule has 27 heavy (non-hydrogen) atoms. The van der Waals surface area contributed by atoms with Crippen molar-refractivity contribution >= 4 is 29.4 Å². The van der Waals surface area contributed by atoms with Gasteiger partial charge < -0.3 is 25.3 Å². The molecule has 3 N–H and O–H groups in total. The van der Waals surface area contributed by atoms with Crippen LogP contribution in [0.3, 0.4) is 0 Å². The second kappa shape index (κ2) is 10.6. The fourth-order valence-electron chi connectivity index (χ4n) is 2.34. The number of carbonyl (C=O) groups is 2. The van der Waals surface area contributed by atoms with Gasteiger partial charge in [-0.05, 0) is 44.4 Å². The van der Waals surface area contributed by atoms with Crippen LogP contribution in [0.2, 0.25) is 0 Å². The minimum Gasteiger partial charge on any atom is -0.464 e. The Morgan fingerprint density at radius 1 is 1.15 bits per heavy atom. The van der Waals surface area contributed by atoms with Gasteiger partial charge in [-0.15, -0.1) is 0 Å². The zero-order valence-electron chi connectivity index (χ0n) is 15.9. The Hall–Kier alpha value is -2.45. The van der Waals surface area contributed by atoms with Crippen molar-refractivity contribution in [2.24, 2.45) is 0 Å². The number of amides is 3. The Balaban J connectivity index is 1.71. The summed E-state index contributed by atoms with van der Waals surface area (Å²) in [6.45, 7) is 1.34. The van der Waals surface area contributed by atoms with Crippen LogP contribution in [-0.4, -0.2) is 50.3 Å². The van der Waals surface area contributed by atoms with Gasteiger partial charge in [-0.25, -0.2) is 4.79 Å². The topological polar surface area (TPSA) is 86.6 Å². The summed E-state index contributed by atoms with van der Waals surface area (Å²) >= 11 is 1.70. The summed E-state index contributed by atoms with van der Waals surface area (Å²) in [5.41, 5.74) is 1.08. The summed E-state index contributed by atoms with van der Waals surface area (Å²) in [4.78, 5) is 25.6. The number of nitrogens with zero attached hydrogens (tertiary/aromatic N) is 1. The summed E-state index contributed by atoms with van der Waals surface area (Å²) in [5, 5.41) is 8.00. The maximum Gasteiger partial charge on any atom is 0.318 e. The molecule has 7 nitrogen and oxygen atoms in total. The van der Waals surface area contributed by atoms with Crippen molar-refractivity contribution in [3.8, 4) is 0 Å². The SMILES string of the molecule is CNC(=O)Nc1cccc(C(=O)NCCSCc2ccc(CN(C)C)o2)c1. The Kier molecular flexibility index (Phi) is 8.22. The number of rotatable bonds is 9. The number of urea groups is 1. The molecule has 3 amide bonds. The molecule has 2 rings (SSSR count). The quantitative estimate of drug-likeness (QED) is 0.573. The van der Waals surface area contributed by atoms with Crippen LogP contribution in [0.5, 0.6) is 0 Å². The van der Waals surface area contributed by atoms with Crippen molar-refractivity contribution in [2.75, 3.05) is 38.8 Å². The second-order valence-electron chi connectivity index (χ2n) is 6.20. The predicted octanol–water partition coefficient (Wildman–Crippen LogP) is 2.76. The number of carbonyl (C=O) groups excluding carboxylic acids is 2. The van der Waals surface area contributed by atoms with Gasteiger partial charge in [-0.3, -0.25) is 4.79 Å². The van der Waals surface area contributed by atoms with E-state index < -0.39 is 0 Å². The standard InChI is InChI=1S/C19H26N4O3S/c1-20-19(25)22-15-6-4-5-14(11-15)18(24)21-9-10-27-13-17-8-7-16(26-17)12-23(2)3/h4-8,11H,9-10,12-13H2,1-3H3,(H,21,24)(H2,20,22,25). The molecule has 1 aromatic carbocycles. The van der Waals surface area contributed by atoms with Crippen LogP contribution in [-0.2, 0) is 12.3 Å². The zero-order valence-corrected chi connectivity index (χ0v) is 16.7. The van der Waals surface area contributed by atoms with Gasteiger partial charge in [0.05, 0.1) is 12.3 Å². The van der Waals surface area contributed by atoms with Crippen molar-refractivity contribution in [1.29, 1.82) is 0 Å². The van der Waals surface area contributed by atoms with E-state index >= 15 is 0 Å². The molecule has 0 fully saturated rings. The van der Waals surface area contributed by atoms with Crippen LogP contribution in [0.15, 0.2) is 40.8 Å². The molecule has 0 atom stereocenters. The largest absolute Gasteiger partial charge is 0.464 e. The lowest BCUT2D eigenvalue weighted by molar-refractivity contribution is 0.0956. The lowest BCUT2D eigenvalue weighted by atomic mass is 10.2. The van der Waals surface area contributed by atoms with Crippen molar-refractivity contribution in [3.63, 3.8) is 0 Å². The van der Waals surface area contributed by atoms with E-state index in [1.807, 2.05) is 26.2 Å². The highest BCUT2D eigenvalue weighted by atomic mass is 32.2. The molecule has 1 aromatic heterocycles. The molecule has 0 unspecified atom stereocenters.